The molecule has 16 heavy (non-hydrogen) atoms. The van der Waals surface area contributed by atoms with Crippen molar-refractivity contribution in [3.63, 3.8) is 0 Å². The topological polar surface area (TPSA) is 75.7 Å². The number of hydrogen-bond acceptors (Lipinski definition) is 4. The highest BCUT2D eigenvalue weighted by molar-refractivity contribution is 5.85. The van der Waals surface area contributed by atoms with Gasteiger partial charge in [0.25, 0.3) is 0 Å². The van der Waals surface area contributed by atoms with Gasteiger partial charge in [-0.1, -0.05) is 6.07 Å². The van der Waals surface area contributed by atoms with Gasteiger partial charge in [0.05, 0.1) is 12.7 Å². The standard InChI is InChI=1S/C11H17NO3.ClH/c1-15-10-6-2-5-9(14)11(10)8(12)4-3-7-13;/h2,5-6,8,13-14H,3-4,7,12H2,1H3;1H/t8-;/m0./s1. The second kappa shape index (κ2) is 7.33. The van der Waals surface area contributed by atoms with E-state index in [1.165, 1.54) is 7.11 Å². The van der Waals surface area contributed by atoms with E-state index in [0.717, 1.165) is 0 Å². The second-order valence-corrected chi connectivity index (χ2v) is 3.37. The average Bonchev–Trinajstić information content (AvgIpc) is 2.25. The molecule has 92 valence electrons. The average molecular weight is 248 g/mol. The van der Waals surface area contributed by atoms with Crippen LogP contribution in [0, 0.1) is 0 Å². The van der Waals surface area contributed by atoms with Gasteiger partial charge in [-0.05, 0) is 25.0 Å². The van der Waals surface area contributed by atoms with Crippen molar-refractivity contribution in [3.05, 3.63) is 23.8 Å². The monoisotopic (exact) mass is 247 g/mol. The van der Waals surface area contributed by atoms with Gasteiger partial charge in [0.2, 0.25) is 0 Å². The van der Waals surface area contributed by atoms with Crippen molar-refractivity contribution in [2.75, 3.05) is 13.7 Å². The largest absolute Gasteiger partial charge is 0.507 e. The number of phenols is 1. The van der Waals surface area contributed by atoms with Crippen LogP contribution in [0.15, 0.2) is 18.2 Å². The number of aliphatic hydroxyl groups is 1. The van der Waals surface area contributed by atoms with Gasteiger partial charge in [-0.3, -0.25) is 0 Å². The Labute approximate surface area is 101 Å². The van der Waals surface area contributed by atoms with Crippen LogP contribution in [-0.2, 0) is 0 Å². The third kappa shape index (κ3) is 3.56. The number of aliphatic hydroxyl groups excluding tert-OH is 1. The summed E-state index contributed by atoms with van der Waals surface area (Å²) in [5, 5.41) is 18.4. The smallest absolute Gasteiger partial charge is 0.127 e. The Bertz CT molecular complexity index is 320. The molecule has 0 radical (unpaired) electrons. The number of halogens is 1. The van der Waals surface area contributed by atoms with E-state index >= 15 is 0 Å². The van der Waals surface area contributed by atoms with Crippen LogP contribution < -0.4 is 10.5 Å². The zero-order valence-electron chi connectivity index (χ0n) is 9.22. The number of benzene rings is 1. The van der Waals surface area contributed by atoms with Gasteiger partial charge >= 0.3 is 0 Å². The Kier molecular flexibility index (Phi) is 6.88. The minimum atomic E-state index is -0.312. The summed E-state index contributed by atoms with van der Waals surface area (Å²) in [7, 11) is 1.54. The van der Waals surface area contributed by atoms with Crippen LogP contribution in [0.2, 0.25) is 0 Å². The Morgan fingerprint density at radius 1 is 1.44 bits per heavy atom. The van der Waals surface area contributed by atoms with Crippen molar-refractivity contribution in [1.82, 2.24) is 0 Å². The number of phenolic OH excluding ortho intramolecular Hbond substituents is 1. The normalized spacial score (nSPS) is 11.7. The Balaban J connectivity index is 0.00000225. The molecular formula is C11H18ClNO3. The molecule has 0 saturated carbocycles. The van der Waals surface area contributed by atoms with E-state index in [1.807, 2.05) is 0 Å². The van der Waals surface area contributed by atoms with E-state index in [0.29, 0.717) is 24.2 Å². The lowest BCUT2D eigenvalue weighted by Crippen LogP contribution is -2.12. The number of aromatic hydroxyl groups is 1. The lowest BCUT2D eigenvalue weighted by molar-refractivity contribution is 0.278. The quantitative estimate of drug-likeness (QED) is 0.739. The first-order chi connectivity index (χ1) is 7.20. The Morgan fingerprint density at radius 2 is 2.12 bits per heavy atom. The summed E-state index contributed by atoms with van der Waals surface area (Å²) in [6, 6.07) is 4.73. The van der Waals surface area contributed by atoms with Crippen molar-refractivity contribution < 1.29 is 14.9 Å². The third-order valence-corrected chi connectivity index (χ3v) is 2.31. The van der Waals surface area contributed by atoms with Gasteiger partial charge in [0.1, 0.15) is 11.5 Å². The molecule has 0 unspecified atom stereocenters. The number of nitrogens with two attached hydrogens (primary N) is 1. The molecule has 1 aromatic rings. The van der Waals surface area contributed by atoms with Gasteiger partial charge in [0.15, 0.2) is 0 Å². The molecule has 1 rings (SSSR count). The molecule has 0 heterocycles. The highest BCUT2D eigenvalue weighted by atomic mass is 35.5. The molecule has 0 fully saturated rings. The highest BCUT2D eigenvalue weighted by Gasteiger charge is 2.15. The summed E-state index contributed by atoms with van der Waals surface area (Å²) >= 11 is 0. The summed E-state index contributed by atoms with van der Waals surface area (Å²) in [6.45, 7) is 0.101. The molecule has 1 aromatic carbocycles. The molecule has 0 amide bonds. The molecule has 0 bridgehead atoms. The summed E-state index contributed by atoms with van der Waals surface area (Å²) in [5.74, 6) is 0.722. The number of rotatable bonds is 5. The SMILES string of the molecule is COc1cccc(O)c1[C@@H](N)CCCO.Cl. The Hall–Kier alpha value is -0.970. The maximum Gasteiger partial charge on any atom is 0.127 e. The molecular weight excluding hydrogens is 230 g/mol. The van der Waals surface area contributed by atoms with Crippen LogP contribution in [-0.4, -0.2) is 23.9 Å². The van der Waals surface area contributed by atoms with Crippen LogP contribution >= 0.6 is 12.4 Å². The maximum atomic E-state index is 9.67. The van der Waals surface area contributed by atoms with Gasteiger partial charge in [-0.15, -0.1) is 12.4 Å². The van der Waals surface area contributed by atoms with Crippen LogP contribution in [0.25, 0.3) is 0 Å². The van der Waals surface area contributed by atoms with E-state index in [4.69, 9.17) is 15.6 Å². The minimum absolute atomic E-state index is 0. The molecule has 0 aromatic heterocycles. The molecule has 0 aliphatic rings. The number of methoxy groups -OCH3 is 1. The number of ether oxygens (including phenoxy) is 1. The zero-order valence-corrected chi connectivity index (χ0v) is 10.0. The van der Waals surface area contributed by atoms with Gasteiger partial charge in [-0.25, -0.2) is 0 Å². The van der Waals surface area contributed by atoms with Crippen molar-refractivity contribution >= 4 is 12.4 Å². The molecule has 0 spiro atoms. The lowest BCUT2D eigenvalue weighted by atomic mass is 10.0. The van der Waals surface area contributed by atoms with Crippen LogP contribution in [0.3, 0.4) is 0 Å². The van der Waals surface area contributed by atoms with Crippen molar-refractivity contribution in [3.8, 4) is 11.5 Å². The van der Waals surface area contributed by atoms with Crippen molar-refractivity contribution in [1.29, 1.82) is 0 Å². The molecule has 0 aliphatic heterocycles. The first-order valence-corrected chi connectivity index (χ1v) is 4.93. The fraction of sp³-hybridized carbons (Fsp3) is 0.455. The van der Waals surface area contributed by atoms with E-state index in [2.05, 4.69) is 0 Å². The second-order valence-electron chi connectivity index (χ2n) is 3.37. The summed E-state index contributed by atoms with van der Waals surface area (Å²) in [5.41, 5.74) is 6.51. The van der Waals surface area contributed by atoms with Crippen LogP contribution in [0.5, 0.6) is 11.5 Å². The molecule has 0 saturated heterocycles. The number of hydrogen-bond donors (Lipinski definition) is 3. The Morgan fingerprint density at radius 3 is 2.69 bits per heavy atom. The first kappa shape index (κ1) is 15.0. The van der Waals surface area contributed by atoms with Crippen molar-refractivity contribution in [2.45, 2.75) is 18.9 Å². The van der Waals surface area contributed by atoms with Gasteiger partial charge in [-0.2, -0.15) is 0 Å². The van der Waals surface area contributed by atoms with E-state index < -0.39 is 0 Å². The molecule has 1 atom stereocenters. The van der Waals surface area contributed by atoms with Gasteiger partial charge in [0, 0.05) is 12.6 Å². The van der Waals surface area contributed by atoms with E-state index in [-0.39, 0.29) is 30.8 Å². The lowest BCUT2D eigenvalue weighted by Gasteiger charge is -2.16. The molecule has 0 aliphatic carbocycles. The van der Waals surface area contributed by atoms with E-state index in [1.54, 1.807) is 18.2 Å². The first-order valence-electron chi connectivity index (χ1n) is 4.93. The summed E-state index contributed by atoms with van der Waals surface area (Å²) < 4.78 is 5.12. The van der Waals surface area contributed by atoms with Crippen molar-refractivity contribution in [2.24, 2.45) is 5.73 Å². The fourth-order valence-electron chi connectivity index (χ4n) is 1.54. The zero-order chi connectivity index (χ0) is 11.3. The summed E-state index contributed by atoms with van der Waals surface area (Å²) in [4.78, 5) is 0. The van der Waals surface area contributed by atoms with E-state index in [9.17, 15) is 5.11 Å². The minimum Gasteiger partial charge on any atom is -0.507 e. The summed E-state index contributed by atoms with van der Waals surface area (Å²) in [6.07, 6.45) is 1.23. The molecule has 4 nitrogen and oxygen atoms in total. The predicted molar refractivity (Wildman–Crippen MR) is 65.2 cm³/mol. The maximum absolute atomic E-state index is 9.67. The highest BCUT2D eigenvalue weighted by Crippen LogP contribution is 2.33. The van der Waals surface area contributed by atoms with Gasteiger partial charge < -0.3 is 20.7 Å². The molecule has 5 heteroatoms. The fourth-order valence-corrected chi connectivity index (χ4v) is 1.54. The van der Waals surface area contributed by atoms with Crippen LogP contribution in [0.1, 0.15) is 24.4 Å². The molecule has 4 N–H and O–H groups in total. The predicted octanol–water partition coefficient (Wildman–Crippen LogP) is 1.59. The van der Waals surface area contributed by atoms with Crippen LogP contribution in [0.4, 0.5) is 0 Å². The third-order valence-electron chi connectivity index (χ3n) is 2.31.